The van der Waals surface area contributed by atoms with Gasteiger partial charge in [-0.15, -0.1) is 13.2 Å². The molecule has 2 bridgehead atoms. The number of nitrogens with zero attached hydrogens (tertiary/aromatic N) is 3. The molecular weight excluding hydrogens is 726 g/mol. The number of ether oxygens (including phenoxy) is 2. The molecule has 12 heteroatoms. The fourth-order valence-corrected chi connectivity index (χ4v) is 8.73. The van der Waals surface area contributed by atoms with Crippen LogP contribution in [0.5, 0.6) is 0 Å². The molecule has 3 aliphatic heterocycles. The Balaban J connectivity index is 1.51. The maximum atomic E-state index is 14.7. The molecule has 268 valence electrons. The smallest absolute Gasteiger partial charge is 0.313 e. The van der Waals surface area contributed by atoms with Crippen LogP contribution in [0.15, 0.2) is 79.9 Å². The number of fused-ring (bicyclic) bond motifs is 1. The van der Waals surface area contributed by atoms with E-state index in [1.807, 2.05) is 37.3 Å². The van der Waals surface area contributed by atoms with Crippen LogP contribution >= 0.6 is 27.5 Å². The molecule has 1 spiro atoms. The number of anilines is 1. The highest BCUT2D eigenvalue weighted by Crippen LogP contribution is 2.60. The van der Waals surface area contributed by atoms with Gasteiger partial charge in [0.05, 0.1) is 24.0 Å². The number of halogens is 2. The van der Waals surface area contributed by atoms with E-state index in [1.165, 1.54) is 4.90 Å². The highest BCUT2D eigenvalue weighted by atomic mass is 79.9. The first-order chi connectivity index (χ1) is 24.0. The van der Waals surface area contributed by atoms with E-state index >= 15 is 0 Å². The molecule has 0 radical (unpaired) electrons. The molecule has 1 N–H and O–H groups in total. The van der Waals surface area contributed by atoms with E-state index < -0.39 is 47.7 Å². The molecule has 10 nitrogen and oxygen atoms in total. The number of amides is 3. The predicted octanol–water partition coefficient (Wildman–Crippen LogP) is 5.48. The molecular formula is C38H45BrClN3O7. The van der Waals surface area contributed by atoms with Gasteiger partial charge in [-0.05, 0) is 62.4 Å². The summed E-state index contributed by atoms with van der Waals surface area (Å²) in [5.41, 5.74) is -0.0369. The summed E-state index contributed by atoms with van der Waals surface area (Å²) in [5, 5.41) is 10.1. The minimum absolute atomic E-state index is 0.0663. The van der Waals surface area contributed by atoms with Gasteiger partial charge in [-0.3, -0.25) is 19.2 Å². The third-order valence-corrected chi connectivity index (χ3v) is 11.3. The lowest BCUT2D eigenvalue weighted by atomic mass is 9.70. The first kappa shape index (κ1) is 37.7. The predicted molar refractivity (Wildman–Crippen MR) is 195 cm³/mol. The summed E-state index contributed by atoms with van der Waals surface area (Å²) in [7, 11) is 1.68. The minimum atomic E-state index is -1.31. The highest BCUT2D eigenvalue weighted by Gasteiger charge is 2.77. The topological polar surface area (TPSA) is 117 Å². The molecule has 3 aliphatic rings. The van der Waals surface area contributed by atoms with Crippen LogP contribution in [0, 0.1) is 11.8 Å². The SMILES string of the molecule is C=CCCC(=O)N(C)[C@@H](C)[C@@H](OC(=O)[C@@H]1[C@H]2O[C@@]3(CC2Br)[C@H](C(=O)N(CC=C)c2ccc(Cl)cc2)N(CCCCO)C(=O)[C@@H]13)c1ccccc1. The van der Waals surface area contributed by atoms with Crippen LogP contribution in [0.3, 0.4) is 0 Å². The molecule has 0 aliphatic carbocycles. The fourth-order valence-electron chi connectivity index (χ4n) is 7.66. The lowest BCUT2D eigenvalue weighted by Gasteiger charge is -2.37. The van der Waals surface area contributed by atoms with Gasteiger partial charge in [0.15, 0.2) is 0 Å². The maximum Gasteiger partial charge on any atom is 0.313 e. The molecule has 0 aromatic heterocycles. The van der Waals surface area contributed by atoms with Crippen molar-refractivity contribution in [3.63, 3.8) is 0 Å². The first-order valence-electron chi connectivity index (χ1n) is 17.0. The first-order valence-corrected chi connectivity index (χ1v) is 18.3. The monoisotopic (exact) mass is 769 g/mol. The Morgan fingerprint density at radius 2 is 1.84 bits per heavy atom. The third-order valence-electron chi connectivity index (χ3n) is 10.2. The van der Waals surface area contributed by atoms with Crippen LogP contribution in [-0.2, 0) is 28.7 Å². The number of unbranched alkanes of at least 4 members (excludes halogenated alkanes) is 1. The summed E-state index contributed by atoms with van der Waals surface area (Å²) in [4.78, 5) is 61.1. The lowest BCUT2D eigenvalue weighted by Crippen LogP contribution is -2.57. The van der Waals surface area contributed by atoms with Crippen molar-refractivity contribution in [3.05, 3.63) is 90.5 Å². The standard InChI is InChI=1S/C38H45BrClN3O7/c1-5-7-15-29(45)41(4)24(3)32(25-13-9-8-10-14-25)49-37(48)30-31-35(46)43(21-11-12-22-44)34(38(31)23-28(39)33(30)50-38)36(47)42(20-6-2)27-18-16-26(40)17-19-27/h5-6,8-10,13-14,16-19,24,28,30-34,44H,1-2,7,11-12,15,20-23H2,3-4H3/t24-,28?,30-,31+,32+,33-,34-,38+/m0/s1. The van der Waals surface area contributed by atoms with Crippen LogP contribution in [0.4, 0.5) is 5.69 Å². The van der Waals surface area contributed by atoms with Crippen molar-refractivity contribution in [2.75, 3.05) is 31.6 Å². The number of hydrogen-bond donors (Lipinski definition) is 1. The molecule has 3 heterocycles. The summed E-state index contributed by atoms with van der Waals surface area (Å²) in [6.07, 6.45) is 3.72. The van der Waals surface area contributed by atoms with Gasteiger partial charge in [0.2, 0.25) is 11.8 Å². The zero-order chi connectivity index (χ0) is 36.2. The number of likely N-dealkylation sites (N-methyl/N-ethyl adjacent to an activating group) is 1. The average Bonchev–Trinajstić information content (AvgIpc) is 3.71. The second kappa shape index (κ2) is 16.2. The maximum absolute atomic E-state index is 14.7. The normalized spacial score (nSPS) is 26.2. The largest absolute Gasteiger partial charge is 0.455 e. The number of esters is 1. The Morgan fingerprint density at radius 1 is 1.14 bits per heavy atom. The number of carbonyl (C=O) groups excluding carboxylic acids is 4. The fraction of sp³-hybridized carbons (Fsp3) is 0.474. The van der Waals surface area contributed by atoms with Gasteiger partial charge in [0.1, 0.15) is 17.7 Å². The van der Waals surface area contributed by atoms with Gasteiger partial charge >= 0.3 is 5.97 Å². The number of alkyl halides is 1. The molecule has 3 saturated heterocycles. The Hall–Kier alpha value is -3.51. The average molecular weight is 771 g/mol. The second-order valence-corrected chi connectivity index (χ2v) is 14.8. The molecule has 5 rings (SSSR count). The van der Waals surface area contributed by atoms with Crippen molar-refractivity contribution >= 4 is 56.9 Å². The van der Waals surface area contributed by atoms with Gasteiger partial charge in [0, 0.05) is 48.7 Å². The summed E-state index contributed by atoms with van der Waals surface area (Å²) < 4.78 is 13.0. The van der Waals surface area contributed by atoms with Gasteiger partial charge in [-0.25, -0.2) is 0 Å². The Bertz CT molecular complexity index is 1580. The number of aliphatic hydroxyl groups is 1. The van der Waals surface area contributed by atoms with E-state index in [2.05, 4.69) is 29.1 Å². The second-order valence-electron chi connectivity index (χ2n) is 13.2. The number of carbonyl (C=O) groups is 4. The summed E-state index contributed by atoms with van der Waals surface area (Å²) in [5.74, 6) is -3.46. The Labute approximate surface area is 307 Å². The van der Waals surface area contributed by atoms with E-state index in [9.17, 15) is 24.3 Å². The Morgan fingerprint density at radius 3 is 2.48 bits per heavy atom. The summed E-state index contributed by atoms with van der Waals surface area (Å²) in [6.45, 7) is 9.68. The van der Waals surface area contributed by atoms with E-state index in [0.29, 0.717) is 42.0 Å². The van der Waals surface area contributed by atoms with Crippen molar-refractivity contribution in [1.29, 1.82) is 0 Å². The number of likely N-dealkylation sites (tertiary alicyclic amines) is 1. The molecule has 3 amide bonds. The molecule has 1 unspecified atom stereocenters. The van der Waals surface area contributed by atoms with Crippen LogP contribution in [0.1, 0.15) is 50.7 Å². The van der Waals surface area contributed by atoms with Gasteiger partial charge in [-0.2, -0.15) is 0 Å². The molecule has 3 fully saturated rings. The van der Waals surface area contributed by atoms with Crippen molar-refractivity contribution in [2.24, 2.45) is 11.8 Å². The van der Waals surface area contributed by atoms with Crippen molar-refractivity contribution in [3.8, 4) is 0 Å². The van der Waals surface area contributed by atoms with Crippen LogP contribution in [0.25, 0.3) is 0 Å². The van der Waals surface area contributed by atoms with Crippen LogP contribution in [0.2, 0.25) is 5.02 Å². The molecule has 50 heavy (non-hydrogen) atoms. The highest BCUT2D eigenvalue weighted by molar-refractivity contribution is 9.09. The number of benzene rings is 2. The van der Waals surface area contributed by atoms with E-state index in [-0.39, 0.29) is 48.7 Å². The quantitative estimate of drug-likeness (QED) is 0.104. The molecule has 2 aromatic carbocycles. The number of rotatable bonds is 16. The zero-order valence-electron chi connectivity index (χ0n) is 28.5. The summed E-state index contributed by atoms with van der Waals surface area (Å²) in [6, 6.07) is 14.5. The van der Waals surface area contributed by atoms with E-state index in [4.69, 9.17) is 21.1 Å². The lowest BCUT2D eigenvalue weighted by molar-refractivity contribution is -0.164. The van der Waals surface area contributed by atoms with Gasteiger partial charge in [0.25, 0.3) is 5.91 Å². The number of allylic oxidation sites excluding steroid dienone is 1. The zero-order valence-corrected chi connectivity index (χ0v) is 30.8. The van der Waals surface area contributed by atoms with E-state index in [0.717, 1.165) is 0 Å². The van der Waals surface area contributed by atoms with Gasteiger partial charge < -0.3 is 29.3 Å². The van der Waals surface area contributed by atoms with Crippen molar-refractivity contribution < 1.29 is 33.8 Å². The number of aliphatic hydroxyl groups excluding tert-OH is 1. The summed E-state index contributed by atoms with van der Waals surface area (Å²) >= 11 is 9.89. The minimum Gasteiger partial charge on any atom is -0.455 e. The number of hydrogen-bond acceptors (Lipinski definition) is 7. The molecule has 8 atom stereocenters. The Kier molecular flexibility index (Phi) is 12.2. The van der Waals surface area contributed by atoms with Gasteiger partial charge in [-0.1, -0.05) is 70.0 Å². The molecule has 0 saturated carbocycles. The van der Waals surface area contributed by atoms with Crippen molar-refractivity contribution in [1.82, 2.24) is 9.80 Å². The third kappa shape index (κ3) is 7.15. The van der Waals surface area contributed by atoms with E-state index in [1.54, 1.807) is 53.3 Å². The van der Waals surface area contributed by atoms with Crippen LogP contribution in [-0.4, -0.2) is 94.0 Å². The molecule has 2 aromatic rings. The van der Waals surface area contributed by atoms with Crippen molar-refractivity contribution in [2.45, 2.75) is 73.7 Å². The van der Waals surface area contributed by atoms with Crippen LogP contribution < -0.4 is 4.90 Å².